The van der Waals surface area contributed by atoms with Crippen molar-refractivity contribution in [3.63, 3.8) is 0 Å². The van der Waals surface area contributed by atoms with Gasteiger partial charge in [-0.3, -0.25) is 19.8 Å². The lowest BCUT2D eigenvalue weighted by atomic mass is 10.0. The molecule has 3 amide bonds. The van der Waals surface area contributed by atoms with Gasteiger partial charge in [0.2, 0.25) is 27.7 Å². The molecular formula is C36H38N6O7S. The standard InChI is InChI=1S/C36H38N6O7S/c37-32(43)18-17-30(34(44)40-21-24-11-15-28(16-12-24)33(38)39)41-35(45)31(20-23-9-13-27(14-10-23)26-6-2-1-3-7-26)42-50(48,49)22-25-5-4-8-29(19-25)36(46)47/h1-16,19,30-31,42H,17-18,20-22H2,(H2,37,43)(H3,38,39)(H,40,44)(H,41,45)(H,46,47)/t30-,31+/m0/s1. The molecule has 0 aliphatic heterocycles. The molecule has 9 N–H and O–H groups in total. The summed E-state index contributed by atoms with van der Waals surface area (Å²) in [6.45, 7) is 0.0547. The molecule has 0 aliphatic rings. The lowest BCUT2D eigenvalue weighted by Crippen LogP contribution is -2.54. The largest absolute Gasteiger partial charge is 0.478 e. The summed E-state index contributed by atoms with van der Waals surface area (Å²) < 4.78 is 29.2. The Morgan fingerprint density at radius 1 is 0.720 bits per heavy atom. The first-order valence-electron chi connectivity index (χ1n) is 15.6. The number of carbonyl (C=O) groups is 4. The van der Waals surface area contributed by atoms with Crippen LogP contribution < -0.4 is 26.8 Å². The van der Waals surface area contributed by atoms with Gasteiger partial charge in [-0.1, -0.05) is 91.0 Å². The molecule has 4 rings (SSSR count). The van der Waals surface area contributed by atoms with Crippen LogP contribution in [0.2, 0.25) is 0 Å². The van der Waals surface area contributed by atoms with E-state index in [1.54, 1.807) is 36.4 Å². The molecule has 13 nitrogen and oxygen atoms in total. The highest BCUT2D eigenvalue weighted by atomic mass is 32.2. The van der Waals surface area contributed by atoms with Gasteiger partial charge in [0.05, 0.1) is 11.3 Å². The molecule has 2 atom stereocenters. The third-order valence-electron chi connectivity index (χ3n) is 7.71. The minimum atomic E-state index is -4.23. The maximum Gasteiger partial charge on any atom is 0.335 e. The molecule has 4 aromatic rings. The number of hydrogen-bond acceptors (Lipinski definition) is 7. The highest BCUT2D eigenvalue weighted by molar-refractivity contribution is 7.88. The topological polar surface area (TPSA) is 235 Å². The van der Waals surface area contributed by atoms with Crippen LogP contribution in [0.4, 0.5) is 0 Å². The van der Waals surface area contributed by atoms with E-state index in [-0.39, 0.29) is 42.8 Å². The fourth-order valence-corrected chi connectivity index (χ4v) is 6.43. The number of carboxylic acid groups (broad SMARTS) is 1. The van der Waals surface area contributed by atoms with Crippen molar-refractivity contribution in [1.29, 1.82) is 5.41 Å². The predicted octanol–water partition coefficient (Wildman–Crippen LogP) is 2.43. The van der Waals surface area contributed by atoms with Gasteiger partial charge >= 0.3 is 5.97 Å². The normalized spacial score (nSPS) is 12.3. The van der Waals surface area contributed by atoms with Gasteiger partial charge in [-0.15, -0.1) is 0 Å². The van der Waals surface area contributed by atoms with Gasteiger partial charge in [-0.25, -0.2) is 17.9 Å². The number of amidine groups is 1. The van der Waals surface area contributed by atoms with Crippen molar-refractivity contribution in [1.82, 2.24) is 15.4 Å². The van der Waals surface area contributed by atoms with E-state index in [1.165, 1.54) is 24.3 Å². The van der Waals surface area contributed by atoms with Crippen LogP contribution in [0.1, 0.15) is 45.5 Å². The zero-order valence-corrected chi connectivity index (χ0v) is 27.8. The van der Waals surface area contributed by atoms with E-state index in [0.29, 0.717) is 16.7 Å². The Balaban J connectivity index is 1.55. The summed E-state index contributed by atoms with van der Waals surface area (Å²) >= 11 is 0. The van der Waals surface area contributed by atoms with Crippen LogP contribution in [-0.2, 0) is 43.1 Å². The number of primary amides is 1. The molecule has 0 saturated heterocycles. The average molecular weight is 699 g/mol. The molecule has 260 valence electrons. The molecule has 14 heteroatoms. The van der Waals surface area contributed by atoms with Crippen molar-refractivity contribution in [3.05, 3.63) is 131 Å². The average Bonchev–Trinajstić information content (AvgIpc) is 3.09. The Morgan fingerprint density at radius 3 is 1.98 bits per heavy atom. The summed E-state index contributed by atoms with van der Waals surface area (Å²) in [6, 6.07) is 26.2. The van der Waals surface area contributed by atoms with Crippen molar-refractivity contribution >= 4 is 39.5 Å². The second-order valence-corrected chi connectivity index (χ2v) is 13.4. The SMILES string of the molecule is N=C(N)c1ccc(CNC(=O)[C@H](CCC(N)=O)NC(=O)[C@@H](Cc2ccc(-c3ccccc3)cc2)NS(=O)(=O)Cc2cccc(C(=O)O)c2)cc1. The van der Waals surface area contributed by atoms with Gasteiger partial charge in [0.15, 0.2) is 0 Å². The maximum atomic E-state index is 13.8. The highest BCUT2D eigenvalue weighted by Gasteiger charge is 2.29. The number of hydrogen-bond donors (Lipinski definition) is 7. The van der Waals surface area contributed by atoms with Gasteiger partial charge < -0.3 is 27.2 Å². The number of carboxylic acids is 1. The third-order valence-corrected chi connectivity index (χ3v) is 9.07. The number of sulfonamides is 1. The van der Waals surface area contributed by atoms with Gasteiger partial charge in [0.25, 0.3) is 0 Å². The Morgan fingerprint density at radius 2 is 1.36 bits per heavy atom. The monoisotopic (exact) mass is 698 g/mol. The summed E-state index contributed by atoms with van der Waals surface area (Å²) in [4.78, 5) is 50.2. The number of aromatic carboxylic acids is 1. The Bertz CT molecular complexity index is 1950. The molecule has 4 aromatic carbocycles. The number of rotatable bonds is 17. The third kappa shape index (κ3) is 11.1. The summed E-state index contributed by atoms with van der Waals surface area (Å²) in [5.41, 5.74) is 14.6. The van der Waals surface area contributed by atoms with Crippen molar-refractivity contribution in [2.75, 3.05) is 0 Å². The first kappa shape index (κ1) is 37.0. The van der Waals surface area contributed by atoms with E-state index in [9.17, 15) is 32.7 Å². The minimum Gasteiger partial charge on any atom is -0.478 e. The molecule has 0 aromatic heterocycles. The zero-order chi connectivity index (χ0) is 36.3. The maximum absolute atomic E-state index is 13.8. The van der Waals surface area contributed by atoms with Gasteiger partial charge in [0.1, 0.15) is 17.9 Å². The number of nitrogen functional groups attached to an aromatic ring is 1. The first-order valence-corrected chi connectivity index (χ1v) is 17.2. The minimum absolute atomic E-state index is 0.0547. The lowest BCUT2D eigenvalue weighted by Gasteiger charge is -2.23. The fraction of sp³-hybridized carbons (Fsp3) is 0.194. The molecule has 0 spiro atoms. The van der Waals surface area contributed by atoms with Crippen LogP contribution in [0.3, 0.4) is 0 Å². The van der Waals surface area contributed by atoms with E-state index < -0.39 is 51.6 Å². The quantitative estimate of drug-likeness (QED) is 0.0637. The van der Waals surface area contributed by atoms with Gasteiger partial charge in [-0.2, -0.15) is 0 Å². The molecule has 0 saturated carbocycles. The summed E-state index contributed by atoms with van der Waals surface area (Å²) in [6.07, 6.45) is -0.478. The second-order valence-electron chi connectivity index (χ2n) is 11.6. The predicted molar refractivity (Wildman–Crippen MR) is 188 cm³/mol. The molecule has 0 fully saturated rings. The van der Waals surface area contributed by atoms with Crippen molar-refractivity contribution < 1.29 is 32.7 Å². The number of nitrogens with two attached hydrogens (primary N) is 2. The number of amides is 3. The Kier molecular flexibility index (Phi) is 12.6. The molecule has 0 aliphatic carbocycles. The van der Waals surface area contributed by atoms with E-state index in [2.05, 4.69) is 15.4 Å². The molecule has 0 heterocycles. The Labute approximate surface area is 289 Å². The van der Waals surface area contributed by atoms with Crippen LogP contribution >= 0.6 is 0 Å². The van der Waals surface area contributed by atoms with Crippen molar-refractivity contribution in [2.45, 2.75) is 43.6 Å². The van der Waals surface area contributed by atoms with Crippen LogP contribution in [0, 0.1) is 5.41 Å². The van der Waals surface area contributed by atoms with Crippen LogP contribution in [-0.4, -0.2) is 55.1 Å². The molecule has 50 heavy (non-hydrogen) atoms. The zero-order valence-electron chi connectivity index (χ0n) is 27.0. The van der Waals surface area contributed by atoms with Crippen LogP contribution in [0.25, 0.3) is 11.1 Å². The van der Waals surface area contributed by atoms with Crippen molar-refractivity contribution in [3.8, 4) is 11.1 Å². The first-order chi connectivity index (χ1) is 23.8. The highest BCUT2D eigenvalue weighted by Crippen LogP contribution is 2.20. The number of carbonyl (C=O) groups excluding carboxylic acids is 3. The van der Waals surface area contributed by atoms with Crippen LogP contribution in [0.5, 0.6) is 0 Å². The van der Waals surface area contributed by atoms with E-state index in [0.717, 1.165) is 11.1 Å². The van der Waals surface area contributed by atoms with E-state index >= 15 is 0 Å². The molecule has 0 radical (unpaired) electrons. The lowest BCUT2D eigenvalue weighted by molar-refractivity contribution is -0.130. The fourth-order valence-electron chi connectivity index (χ4n) is 5.10. The van der Waals surface area contributed by atoms with Crippen LogP contribution in [0.15, 0.2) is 103 Å². The van der Waals surface area contributed by atoms with Gasteiger partial charge in [0, 0.05) is 18.5 Å². The van der Waals surface area contributed by atoms with Gasteiger partial charge in [-0.05, 0) is 52.8 Å². The number of benzene rings is 4. The van der Waals surface area contributed by atoms with Crippen molar-refractivity contribution in [2.24, 2.45) is 11.5 Å². The second kappa shape index (κ2) is 17.0. The number of nitrogens with one attached hydrogen (secondary N) is 4. The van der Waals surface area contributed by atoms with E-state index in [4.69, 9.17) is 16.9 Å². The summed E-state index contributed by atoms with van der Waals surface area (Å²) in [7, 11) is -4.23. The van der Waals surface area contributed by atoms with E-state index in [1.807, 2.05) is 42.5 Å². The summed E-state index contributed by atoms with van der Waals surface area (Å²) in [5.74, 6) is -4.09. The smallest absolute Gasteiger partial charge is 0.335 e. The molecule has 0 bridgehead atoms. The Hall–Kier alpha value is -5.86. The molecule has 0 unspecified atom stereocenters. The molecular weight excluding hydrogens is 660 g/mol. The summed E-state index contributed by atoms with van der Waals surface area (Å²) in [5, 5.41) is 22.2.